The van der Waals surface area contributed by atoms with E-state index in [1.165, 1.54) is 24.0 Å². The molecule has 1 aliphatic rings. The van der Waals surface area contributed by atoms with Gasteiger partial charge in [0.05, 0.1) is 6.61 Å². The fourth-order valence-electron chi connectivity index (χ4n) is 2.90. The van der Waals surface area contributed by atoms with Crippen molar-refractivity contribution in [1.82, 2.24) is 0 Å². The maximum absolute atomic E-state index is 5.72. The molecule has 2 N–H and O–H groups in total. The summed E-state index contributed by atoms with van der Waals surface area (Å²) in [6, 6.07) is 8.78. The predicted molar refractivity (Wildman–Crippen MR) is 66.5 cm³/mol. The third kappa shape index (κ3) is 2.00. The molecule has 0 bridgehead atoms. The summed E-state index contributed by atoms with van der Waals surface area (Å²) >= 11 is 0. The second-order valence-corrected chi connectivity index (χ2v) is 5.09. The third-order valence-electron chi connectivity index (χ3n) is 3.74. The smallest absolute Gasteiger partial charge is 0.0559 e. The maximum atomic E-state index is 5.72. The fraction of sp³-hybridized carbons (Fsp3) is 0.571. The van der Waals surface area contributed by atoms with Crippen LogP contribution in [0.25, 0.3) is 0 Å². The predicted octanol–water partition coefficient (Wildman–Crippen LogP) is 2.25. The van der Waals surface area contributed by atoms with E-state index in [9.17, 15) is 0 Å². The number of aryl methyl sites for hydroxylation is 1. The van der Waals surface area contributed by atoms with Crippen LogP contribution >= 0.6 is 0 Å². The Bertz CT molecular complexity index is 356. The highest BCUT2D eigenvalue weighted by atomic mass is 16.5. The third-order valence-corrected chi connectivity index (χ3v) is 3.74. The Morgan fingerprint density at radius 2 is 2.19 bits per heavy atom. The molecule has 0 saturated heterocycles. The molecule has 2 heteroatoms. The summed E-state index contributed by atoms with van der Waals surface area (Å²) in [4.78, 5) is 0. The minimum absolute atomic E-state index is 0.227. The van der Waals surface area contributed by atoms with Crippen LogP contribution in [0.4, 0.5) is 0 Å². The van der Waals surface area contributed by atoms with Crippen molar-refractivity contribution in [3.05, 3.63) is 35.4 Å². The van der Waals surface area contributed by atoms with Gasteiger partial charge in [0.2, 0.25) is 0 Å². The lowest BCUT2D eigenvalue weighted by Crippen LogP contribution is -2.47. The van der Waals surface area contributed by atoms with Gasteiger partial charge in [-0.1, -0.05) is 29.8 Å². The summed E-state index contributed by atoms with van der Waals surface area (Å²) in [5.41, 5.74) is 8.68. The van der Waals surface area contributed by atoms with Gasteiger partial charge in [-0.2, -0.15) is 0 Å². The topological polar surface area (TPSA) is 35.2 Å². The zero-order chi connectivity index (χ0) is 11.6. The first-order valence-corrected chi connectivity index (χ1v) is 5.96. The molecule has 0 amide bonds. The molecule has 0 aromatic heterocycles. The van der Waals surface area contributed by atoms with Gasteiger partial charge in [0.25, 0.3) is 0 Å². The van der Waals surface area contributed by atoms with Gasteiger partial charge >= 0.3 is 0 Å². The highest BCUT2D eigenvalue weighted by molar-refractivity contribution is 5.32. The van der Waals surface area contributed by atoms with E-state index < -0.39 is 0 Å². The van der Waals surface area contributed by atoms with Crippen molar-refractivity contribution in [3.8, 4) is 0 Å². The van der Waals surface area contributed by atoms with Crippen LogP contribution in [0, 0.1) is 12.8 Å². The van der Waals surface area contributed by atoms with Gasteiger partial charge in [0.15, 0.2) is 0 Å². The molecule has 2 nitrogen and oxygen atoms in total. The number of methoxy groups -OCH3 is 1. The average molecular weight is 219 g/mol. The molecule has 0 spiro atoms. The monoisotopic (exact) mass is 219 g/mol. The number of hydrogen-bond acceptors (Lipinski definition) is 2. The molecule has 1 aliphatic carbocycles. The molecule has 16 heavy (non-hydrogen) atoms. The summed E-state index contributed by atoms with van der Waals surface area (Å²) < 4.78 is 5.40. The molecule has 0 radical (unpaired) electrons. The van der Waals surface area contributed by atoms with Crippen molar-refractivity contribution in [3.63, 3.8) is 0 Å². The lowest BCUT2D eigenvalue weighted by Gasteiger charge is -2.47. The van der Waals surface area contributed by atoms with Crippen molar-refractivity contribution in [2.75, 3.05) is 20.3 Å². The highest BCUT2D eigenvalue weighted by Gasteiger charge is 2.44. The van der Waals surface area contributed by atoms with Crippen LogP contribution in [0.5, 0.6) is 0 Å². The summed E-state index contributed by atoms with van der Waals surface area (Å²) in [5.74, 6) is 0.677. The Morgan fingerprint density at radius 1 is 1.44 bits per heavy atom. The van der Waals surface area contributed by atoms with Gasteiger partial charge in [0.1, 0.15) is 0 Å². The molecule has 88 valence electrons. The van der Waals surface area contributed by atoms with Gasteiger partial charge < -0.3 is 10.5 Å². The largest absolute Gasteiger partial charge is 0.384 e. The van der Waals surface area contributed by atoms with Crippen LogP contribution in [-0.2, 0) is 10.2 Å². The van der Waals surface area contributed by atoms with Gasteiger partial charge in [-0.15, -0.1) is 0 Å². The number of benzene rings is 1. The van der Waals surface area contributed by atoms with E-state index >= 15 is 0 Å². The first-order chi connectivity index (χ1) is 7.70. The summed E-state index contributed by atoms with van der Waals surface area (Å²) in [6.45, 7) is 3.76. The normalized spacial score (nSPS) is 28.8. The molecule has 1 aromatic carbocycles. The van der Waals surface area contributed by atoms with Crippen molar-refractivity contribution < 1.29 is 4.74 Å². The summed E-state index contributed by atoms with van der Waals surface area (Å²) in [7, 11) is 1.79. The molecule has 0 aliphatic heterocycles. The van der Waals surface area contributed by atoms with Crippen molar-refractivity contribution in [1.29, 1.82) is 0 Å². The Morgan fingerprint density at radius 3 is 2.75 bits per heavy atom. The minimum atomic E-state index is 0.227. The van der Waals surface area contributed by atoms with E-state index in [1.807, 2.05) is 0 Å². The van der Waals surface area contributed by atoms with Crippen LogP contribution in [0.1, 0.15) is 24.0 Å². The first-order valence-electron chi connectivity index (χ1n) is 5.96. The highest BCUT2D eigenvalue weighted by Crippen LogP contribution is 2.47. The van der Waals surface area contributed by atoms with E-state index in [-0.39, 0.29) is 5.41 Å². The van der Waals surface area contributed by atoms with Gasteiger partial charge in [0, 0.05) is 12.5 Å². The molecule has 2 rings (SSSR count). The van der Waals surface area contributed by atoms with E-state index in [4.69, 9.17) is 10.5 Å². The number of rotatable bonds is 4. The van der Waals surface area contributed by atoms with E-state index in [2.05, 4.69) is 31.2 Å². The van der Waals surface area contributed by atoms with Crippen molar-refractivity contribution in [2.24, 2.45) is 11.7 Å². The van der Waals surface area contributed by atoms with E-state index in [0.29, 0.717) is 5.92 Å². The van der Waals surface area contributed by atoms with Crippen molar-refractivity contribution in [2.45, 2.75) is 25.2 Å². The van der Waals surface area contributed by atoms with E-state index in [0.717, 1.165) is 13.2 Å². The Balaban J connectivity index is 2.21. The number of ether oxygens (including phenoxy) is 1. The molecular weight excluding hydrogens is 198 g/mol. The Labute approximate surface area is 97.8 Å². The first kappa shape index (κ1) is 11.6. The van der Waals surface area contributed by atoms with Crippen LogP contribution in [-0.4, -0.2) is 20.3 Å². The molecule has 0 heterocycles. The van der Waals surface area contributed by atoms with Crippen LogP contribution in [0.2, 0.25) is 0 Å². The molecular formula is C14H21NO. The summed E-state index contributed by atoms with van der Waals surface area (Å²) in [5, 5.41) is 0. The van der Waals surface area contributed by atoms with Crippen LogP contribution < -0.4 is 5.73 Å². The average Bonchev–Trinajstić information content (AvgIpc) is 2.23. The zero-order valence-corrected chi connectivity index (χ0v) is 10.2. The van der Waals surface area contributed by atoms with Crippen molar-refractivity contribution >= 4 is 0 Å². The number of hydrogen-bond donors (Lipinski definition) is 1. The second-order valence-electron chi connectivity index (χ2n) is 5.09. The molecule has 1 saturated carbocycles. The molecule has 0 unspecified atom stereocenters. The van der Waals surface area contributed by atoms with Crippen LogP contribution in [0.3, 0.4) is 0 Å². The summed E-state index contributed by atoms with van der Waals surface area (Å²) in [6.07, 6.45) is 2.33. The maximum Gasteiger partial charge on any atom is 0.0559 e. The lowest BCUT2D eigenvalue weighted by molar-refractivity contribution is 0.0423. The molecule has 1 fully saturated rings. The SMILES string of the molecule is COCC1(c2cccc(C)c2)CC(CN)C1. The second kappa shape index (κ2) is 4.56. The Kier molecular flexibility index (Phi) is 3.31. The lowest BCUT2D eigenvalue weighted by atomic mass is 9.59. The fourth-order valence-corrected chi connectivity index (χ4v) is 2.90. The molecule has 0 atom stereocenters. The minimum Gasteiger partial charge on any atom is -0.384 e. The van der Waals surface area contributed by atoms with E-state index in [1.54, 1.807) is 7.11 Å². The zero-order valence-electron chi connectivity index (χ0n) is 10.2. The van der Waals surface area contributed by atoms with Gasteiger partial charge in [-0.25, -0.2) is 0 Å². The van der Waals surface area contributed by atoms with Crippen LogP contribution in [0.15, 0.2) is 24.3 Å². The van der Waals surface area contributed by atoms with Gasteiger partial charge in [-0.3, -0.25) is 0 Å². The standard InChI is InChI=1S/C14H21NO/c1-11-4-3-5-13(6-11)14(10-16-2)7-12(8-14)9-15/h3-6,12H,7-10,15H2,1-2H3. The molecule has 1 aromatic rings. The van der Waals surface area contributed by atoms with Gasteiger partial charge in [-0.05, 0) is 37.8 Å². The Hall–Kier alpha value is -0.860. The quantitative estimate of drug-likeness (QED) is 0.843. The number of nitrogens with two attached hydrogens (primary N) is 1.